The van der Waals surface area contributed by atoms with Crippen LogP contribution >= 0.6 is 23.2 Å². The summed E-state index contributed by atoms with van der Waals surface area (Å²) >= 11 is 12.5. The van der Waals surface area contributed by atoms with Crippen LogP contribution in [0.25, 0.3) is 0 Å². The molecule has 1 aliphatic heterocycles. The van der Waals surface area contributed by atoms with E-state index in [9.17, 15) is 0 Å². The fourth-order valence-corrected chi connectivity index (χ4v) is 4.29. The van der Waals surface area contributed by atoms with Crippen LogP contribution in [-0.2, 0) is 0 Å². The van der Waals surface area contributed by atoms with E-state index in [0.29, 0.717) is 17.7 Å². The molecule has 0 spiro atoms. The Bertz CT molecular complexity index is 450. The molecule has 0 bridgehead atoms. The lowest BCUT2D eigenvalue weighted by Gasteiger charge is -2.35. The van der Waals surface area contributed by atoms with Gasteiger partial charge >= 0.3 is 0 Å². The van der Waals surface area contributed by atoms with Crippen molar-refractivity contribution >= 4 is 28.9 Å². The van der Waals surface area contributed by atoms with E-state index in [1.54, 1.807) is 0 Å². The maximum Gasteiger partial charge on any atom is 0.0599 e. The van der Waals surface area contributed by atoms with Crippen LogP contribution in [0.2, 0.25) is 0 Å². The Labute approximate surface area is 151 Å². The van der Waals surface area contributed by atoms with Gasteiger partial charge in [-0.1, -0.05) is 37.1 Å². The summed E-state index contributed by atoms with van der Waals surface area (Å²) in [5, 5.41) is 9.32. The van der Waals surface area contributed by atoms with Crippen LogP contribution in [0.3, 0.4) is 0 Å². The molecule has 2 unspecified atom stereocenters. The topological polar surface area (TPSA) is 27.1 Å². The third-order valence-corrected chi connectivity index (χ3v) is 5.60. The van der Waals surface area contributed by atoms with Gasteiger partial charge in [0.15, 0.2) is 0 Å². The van der Waals surface area contributed by atoms with Gasteiger partial charge < -0.3 is 10.3 Å². The molecule has 2 rings (SSSR count). The minimum Gasteiger partial charge on any atom is -0.371 e. The first kappa shape index (κ1) is 18.9. The zero-order valence-corrected chi connectivity index (χ0v) is 15.8. The summed E-state index contributed by atoms with van der Waals surface area (Å²) < 4.78 is 0. The maximum absolute atomic E-state index is 8.43. The lowest BCUT2D eigenvalue weighted by molar-refractivity contribution is 0.287. The van der Waals surface area contributed by atoms with Gasteiger partial charge in [0, 0.05) is 30.6 Å². The molecule has 1 aliphatic carbocycles. The number of nitrogens with zero attached hydrogens (tertiary/aromatic N) is 1. The molecule has 1 N–H and O–H groups in total. The quantitative estimate of drug-likeness (QED) is 0.421. The number of halogens is 2. The third-order valence-electron chi connectivity index (χ3n) is 5.02. The number of rotatable bonds is 8. The molecule has 2 aliphatic rings. The largest absolute Gasteiger partial charge is 0.371 e. The van der Waals surface area contributed by atoms with Gasteiger partial charge in [0.2, 0.25) is 0 Å². The van der Waals surface area contributed by atoms with Crippen LogP contribution < -0.4 is 0 Å². The van der Waals surface area contributed by atoms with Crippen LogP contribution in [0, 0.1) is 17.2 Å². The summed E-state index contributed by atoms with van der Waals surface area (Å²) in [6, 6.07) is 0. The Morgan fingerprint density at radius 2 is 2.09 bits per heavy atom. The average Bonchev–Trinajstić information content (AvgIpc) is 2.56. The van der Waals surface area contributed by atoms with Crippen molar-refractivity contribution in [2.45, 2.75) is 58.3 Å². The predicted molar refractivity (Wildman–Crippen MR) is 102 cm³/mol. The second-order valence-corrected chi connectivity index (χ2v) is 7.55. The monoisotopic (exact) mass is 356 g/mol. The van der Waals surface area contributed by atoms with Gasteiger partial charge in [0.1, 0.15) is 0 Å². The Balaban J connectivity index is 2.05. The first-order valence-corrected chi connectivity index (χ1v) is 10.0. The zero-order chi connectivity index (χ0) is 16.7. The average molecular weight is 357 g/mol. The van der Waals surface area contributed by atoms with Crippen LogP contribution in [0.5, 0.6) is 0 Å². The number of likely N-dealkylation sites (tertiary alicyclic amines) is 1. The number of piperidine rings is 1. The SMILES string of the molecule is CCCC(=N)C(CCCCl)C1C=C(Cl)C(N2CCCCC2)=CC1. The van der Waals surface area contributed by atoms with Crippen molar-refractivity contribution in [3.63, 3.8) is 0 Å². The van der Waals surface area contributed by atoms with Crippen molar-refractivity contribution in [2.75, 3.05) is 19.0 Å². The highest BCUT2D eigenvalue weighted by atomic mass is 35.5. The van der Waals surface area contributed by atoms with Crippen molar-refractivity contribution in [2.24, 2.45) is 11.8 Å². The van der Waals surface area contributed by atoms with E-state index in [4.69, 9.17) is 28.6 Å². The number of hydrogen-bond acceptors (Lipinski definition) is 2. The van der Waals surface area contributed by atoms with Crippen LogP contribution in [0.4, 0.5) is 0 Å². The van der Waals surface area contributed by atoms with Crippen LogP contribution in [-0.4, -0.2) is 29.6 Å². The molecular formula is C19H30Cl2N2. The molecule has 2 atom stereocenters. The van der Waals surface area contributed by atoms with E-state index in [1.807, 2.05) is 0 Å². The van der Waals surface area contributed by atoms with Gasteiger partial charge in [0.05, 0.1) is 10.7 Å². The molecule has 0 aromatic heterocycles. The molecule has 0 aromatic carbocycles. The van der Waals surface area contributed by atoms with Gasteiger partial charge in [-0.25, -0.2) is 0 Å². The van der Waals surface area contributed by atoms with E-state index >= 15 is 0 Å². The lowest BCUT2D eigenvalue weighted by Crippen LogP contribution is -2.31. The van der Waals surface area contributed by atoms with Crippen LogP contribution in [0.15, 0.2) is 22.9 Å². The molecule has 0 saturated carbocycles. The zero-order valence-electron chi connectivity index (χ0n) is 14.3. The molecule has 1 fully saturated rings. The van der Waals surface area contributed by atoms with Gasteiger partial charge in [-0.05, 0) is 50.9 Å². The molecular weight excluding hydrogens is 327 g/mol. The minimum atomic E-state index is 0.293. The minimum absolute atomic E-state index is 0.293. The van der Waals surface area contributed by atoms with Crippen molar-refractivity contribution in [3.05, 3.63) is 22.9 Å². The molecule has 1 saturated heterocycles. The van der Waals surface area contributed by atoms with Crippen LogP contribution in [0.1, 0.15) is 58.3 Å². The number of allylic oxidation sites excluding steroid dienone is 3. The molecule has 0 aromatic rings. The fraction of sp³-hybridized carbons (Fsp3) is 0.737. The second kappa shape index (κ2) is 9.74. The Morgan fingerprint density at radius 3 is 2.70 bits per heavy atom. The summed E-state index contributed by atoms with van der Waals surface area (Å²) in [5.74, 6) is 1.33. The standard InChI is InChI=1S/C19H30Cl2N2/c1-2-7-18(22)16(8-6-11-20)15-9-10-19(17(21)14-15)23-12-4-3-5-13-23/h10,14-16,22H,2-9,11-13H2,1H3. The van der Waals surface area contributed by atoms with Crippen molar-refractivity contribution in [1.82, 2.24) is 4.90 Å². The Morgan fingerprint density at radius 1 is 1.35 bits per heavy atom. The second-order valence-electron chi connectivity index (χ2n) is 6.76. The number of nitrogens with one attached hydrogen (secondary N) is 1. The summed E-state index contributed by atoms with van der Waals surface area (Å²) in [7, 11) is 0. The molecule has 23 heavy (non-hydrogen) atoms. The molecule has 0 radical (unpaired) electrons. The summed E-state index contributed by atoms with van der Waals surface area (Å²) in [5.41, 5.74) is 2.10. The lowest BCUT2D eigenvalue weighted by atomic mass is 9.79. The molecule has 2 nitrogen and oxygen atoms in total. The summed E-state index contributed by atoms with van der Waals surface area (Å²) in [4.78, 5) is 2.43. The van der Waals surface area contributed by atoms with E-state index in [0.717, 1.165) is 55.9 Å². The normalized spacial score (nSPS) is 23.3. The third kappa shape index (κ3) is 5.26. The van der Waals surface area contributed by atoms with Gasteiger partial charge in [-0.2, -0.15) is 0 Å². The number of alkyl halides is 1. The highest BCUT2D eigenvalue weighted by Gasteiger charge is 2.27. The van der Waals surface area contributed by atoms with E-state index in [-0.39, 0.29) is 0 Å². The summed E-state index contributed by atoms with van der Waals surface area (Å²) in [6.07, 6.45) is 13.3. The summed E-state index contributed by atoms with van der Waals surface area (Å²) in [6.45, 7) is 4.40. The Kier molecular flexibility index (Phi) is 7.98. The van der Waals surface area contributed by atoms with Crippen molar-refractivity contribution < 1.29 is 0 Å². The van der Waals surface area contributed by atoms with Gasteiger partial charge in [0.25, 0.3) is 0 Å². The van der Waals surface area contributed by atoms with Gasteiger partial charge in [-0.3, -0.25) is 0 Å². The first-order chi connectivity index (χ1) is 11.2. The maximum atomic E-state index is 8.43. The predicted octanol–water partition coefficient (Wildman–Crippen LogP) is 5.95. The highest BCUT2D eigenvalue weighted by molar-refractivity contribution is 6.32. The van der Waals surface area contributed by atoms with E-state index < -0.39 is 0 Å². The molecule has 4 heteroatoms. The fourth-order valence-electron chi connectivity index (χ4n) is 3.78. The number of hydrogen-bond donors (Lipinski definition) is 1. The molecule has 130 valence electrons. The van der Waals surface area contributed by atoms with E-state index in [2.05, 4.69) is 24.0 Å². The Hall–Kier alpha value is -0.470. The molecule has 0 amide bonds. The first-order valence-electron chi connectivity index (χ1n) is 9.13. The highest BCUT2D eigenvalue weighted by Crippen LogP contribution is 2.35. The van der Waals surface area contributed by atoms with Gasteiger partial charge in [-0.15, -0.1) is 11.6 Å². The van der Waals surface area contributed by atoms with Crippen molar-refractivity contribution in [3.8, 4) is 0 Å². The van der Waals surface area contributed by atoms with Crippen molar-refractivity contribution in [1.29, 1.82) is 5.41 Å². The smallest absolute Gasteiger partial charge is 0.0599 e. The van der Waals surface area contributed by atoms with E-state index in [1.165, 1.54) is 25.0 Å². The molecule has 1 heterocycles.